The molecule has 0 radical (unpaired) electrons. The van der Waals surface area contributed by atoms with Crippen molar-refractivity contribution >= 4 is 34.2 Å². The molecule has 3 aromatic rings. The van der Waals surface area contributed by atoms with E-state index in [1.807, 2.05) is 104 Å². The first-order valence-electron chi connectivity index (χ1n) is 15.5. The fourth-order valence-electron chi connectivity index (χ4n) is 7.71. The molecule has 8 nitrogen and oxygen atoms in total. The Kier molecular flexibility index (Phi) is 7.34. The van der Waals surface area contributed by atoms with E-state index >= 15 is 0 Å². The number of aliphatic hydroxyl groups excluding tert-OH is 1. The molecule has 44 heavy (non-hydrogen) atoms. The molecule has 0 aliphatic carbocycles. The molecule has 4 aliphatic heterocycles. The first kappa shape index (κ1) is 28.5. The number of hydrogen-bond acceptors (Lipinski definition) is 5. The van der Waals surface area contributed by atoms with Crippen molar-refractivity contribution in [2.45, 2.75) is 43.6 Å². The average molecular weight is 592 g/mol. The summed E-state index contributed by atoms with van der Waals surface area (Å²) in [4.78, 5) is 48.7. The summed E-state index contributed by atoms with van der Waals surface area (Å²) in [7, 11) is 0. The van der Waals surface area contributed by atoms with Crippen molar-refractivity contribution in [3.63, 3.8) is 0 Å². The monoisotopic (exact) mass is 591 g/mol. The van der Waals surface area contributed by atoms with E-state index in [1.54, 1.807) is 14.7 Å². The number of amides is 3. The van der Waals surface area contributed by atoms with Gasteiger partial charge in [-0.1, -0.05) is 91.9 Å². The molecule has 1 spiro atoms. The fraction of sp³-hybridized carbons (Fsp3) is 0.361. The van der Waals surface area contributed by atoms with Gasteiger partial charge in [-0.25, -0.2) is 0 Å². The minimum atomic E-state index is -1.35. The van der Waals surface area contributed by atoms with Crippen molar-refractivity contribution in [2.24, 2.45) is 11.8 Å². The van der Waals surface area contributed by atoms with Crippen LogP contribution in [0.2, 0.25) is 0 Å². The second-order valence-corrected chi connectivity index (χ2v) is 12.2. The summed E-state index contributed by atoms with van der Waals surface area (Å²) in [6, 6.07) is 21.8. The SMILES string of the molecule is CCCN1CC=C[C@H]2O[C@]34C=CCN(c5ccc6ccccc6c5)C(=O)C3N([C@@H](CO)Cc3ccccc3)C(=O)[C@@H]4[C@H]2C1=O. The third-order valence-corrected chi connectivity index (χ3v) is 9.64. The van der Waals surface area contributed by atoms with Gasteiger partial charge in [-0.3, -0.25) is 14.4 Å². The lowest BCUT2D eigenvalue weighted by Gasteiger charge is -2.38. The standard InChI is InChI=1S/C36H37N3O5/c1-2-18-37-19-8-14-29-30(33(37)41)31-34(42)39(28(23-40)21-24-10-4-3-5-11-24)32-35(43)38(20-9-17-36(31,32)44-29)27-16-15-25-12-6-7-13-26(25)22-27/h3-17,22,28-32,40H,2,18-21,23H2,1H3/t28-,29-,30+,31+,32?,36+/m1/s1. The Morgan fingerprint density at radius 3 is 2.45 bits per heavy atom. The minimum absolute atomic E-state index is 0.127. The van der Waals surface area contributed by atoms with Gasteiger partial charge in [0, 0.05) is 25.3 Å². The lowest BCUT2D eigenvalue weighted by molar-refractivity contribution is -0.146. The van der Waals surface area contributed by atoms with E-state index in [2.05, 4.69) is 0 Å². The van der Waals surface area contributed by atoms with E-state index < -0.39 is 35.6 Å². The summed E-state index contributed by atoms with van der Waals surface area (Å²) in [5, 5.41) is 12.8. The number of rotatable bonds is 7. The first-order valence-corrected chi connectivity index (χ1v) is 15.5. The molecule has 3 amide bonds. The number of anilines is 1. The predicted molar refractivity (Wildman–Crippen MR) is 168 cm³/mol. The van der Waals surface area contributed by atoms with E-state index in [9.17, 15) is 19.5 Å². The molecule has 0 bridgehead atoms. The molecular weight excluding hydrogens is 554 g/mol. The average Bonchev–Trinajstić information content (AvgIpc) is 3.37. The summed E-state index contributed by atoms with van der Waals surface area (Å²) >= 11 is 0. The summed E-state index contributed by atoms with van der Waals surface area (Å²) in [6.45, 7) is 3.01. The molecule has 1 unspecified atom stereocenters. The molecule has 226 valence electrons. The maximum absolute atomic E-state index is 14.9. The van der Waals surface area contributed by atoms with E-state index in [4.69, 9.17) is 4.74 Å². The Hall–Kier alpha value is -4.27. The molecule has 0 aromatic heterocycles. The largest absolute Gasteiger partial charge is 0.394 e. The van der Waals surface area contributed by atoms with Crippen LogP contribution in [0.4, 0.5) is 5.69 Å². The molecule has 2 saturated heterocycles. The number of benzene rings is 3. The number of hydrogen-bond donors (Lipinski definition) is 1. The van der Waals surface area contributed by atoms with Gasteiger partial charge >= 0.3 is 0 Å². The lowest BCUT2D eigenvalue weighted by atomic mass is 9.77. The second kappa shape index (κ2) is 11.3. The molecule has 1 N–H and O–H groups in total. The highest BCUT2D eigenvalue weighted by Crippen LogP contribution is 2.54. The molecule has 2 fully saturated rings. The van der Waals surface area contributed by atoms with Crippen LogP contribution in [-0.2, 0) is 25.5 Å². The zero-order chi connectivity index (χ0) is 30.4. The maximum atomic E-state index is 14.9. The molecule has 8 heteroatoms. The van der Waals surface area contributed by atoms with Crippen molar-refractivity contribution in [2.75, 3.05) is 31.1 Å². The highest BCUT2D eigenvalue weighted by atomic mass is 16.5. The van der Waals surface area contributed by atoms with Crippen molar-refractivity contribution < 1.29 is 24.2 Å². The summed E-state index contributed by atoms with van der Waals surface area (Å²) in [5.41, 5.74) is 0.302. The highest BCUT2D eigenvalue weighted by Gasteiger charge is 2.72. The van der Waals surface area contributed by atoms with Gasteiger partial charge in [-0.2, -0.15) is 0 Å². The fourth-order valence-corrected chi connectivity index (χ4v) is 7.71. The van der Waals surface area contributed by atoms with E-state index in [-0.39, 0.29) is 30.9 Å². The van der Waals surface area contributed by atoms with Crippen LogP contribution in [0, 0.1) is 11.8 Å². The van der Waals surface area contributed by atoms with Gasteiger partial charge < -0.3 is 24.5 Å². The number of carbonyl (C=O) groups is 3. The van der Waals surface area contributed by atoms with Crippen molar-refractivity contribution in [1.29, 1.82) is 0 Å². The molecule has 0 saturated carbocycles. The van der Waals surface area contributed by atoms with Crippen LogP contribution in [-0.4, -0.2) is 82.7 Å². The number of carbonyl (C=O) groups excluding carboxylic acids is 3. The molecule has 4 aliphatic rings. The van der Waals surface area contributed by atoms with Crippen molar-refractivity contribution in [1.82, 2.24) is 9.80 Å². The van der Waals surface area contributed by atoms with Gasteiger partial charge in [0.25, 0.3) is 5.91 Å². The van der Waals surface area contributed by atoms with Gasteiger partial charge in [0.05, 0.1) is 30.6 Å². The molecule has 6 atom stereocenters. The molecule has 4 heterocycles. The van der Waals surface area contributed by atoms with Crippen molar-refractivity contribution in [3.05, 3.63) is 103 Å². The lowest BCUT2D eigenvalue weighted by Crippen LogP contribution is -2.58. The Morgan fingerprint density at radius 1 is 0.909 bits per heavy atom. The van der Waals surface area contributed by atoms with Crippen LogP contribution in [0.3, 0.4) is 0 Å². The maximum Gasteiger partial charge on any atom is 0.253 e. The zero-order valence-electron chi connectivity index (χ0n) is 24.8. The van der Waals surface area contributed by atoms with Crippen LogP contribution >= 0.6 is 0 Å². The van der Waals surface area contributed by atoms with Crippen molar-refractivity contribution in [3.8, 4) is 0 Å². The van der Waals surface area contributed by atoms with Crippen LogP contribution in [0.25, 0.3) is 10.8 Å². The topological polar surface area (TPSA) is 90.4 Å². The Labute approximate surface area is 257 Å². The van der Waals surface area contributed by atoms with Gasteiger partial charge in [0.2, 0.25) is 11.8 Å². The Bertz CT molecular complexity index is 1650. The zero-order valence-corrected chi connectivity index (χ0v) is 24.8. The normalized spacial score (nSPS) is 28.6. The quantitative estimate of drug-likeness (QED) is 0.423. The van der Waals surface area contributed by atoms with Crippen LogP contribution < -0.4 is 4.90 Å². The number of aliphatic hydroxyl groups is 1. The summed E-state index contributed by atoms with van der Waals surface area (Å²) < 4.78 is 6.80. The number of nitrogens with zero attached hydrogens (tertiary/aromatic N) is 3. The summed E-state index contributed by atoms with van der Waals surface area (Å²) in [6.07, 6.45) is 8.09. The molecule has 7 rings (SSSR count). The van der Waals surface area contributed by atoms with Crippen LogP contribution in [0.5, 0.6) is 0 Å². The third-order valence-electron chi connectivity index (χ3n) is 9.64. The Balaban J connectivity index is 1.34. The van der Waals surface area contributed by atoms with Crippen LogP contribution in [0.15, 0.2) is 97.1 Å². The predicted octanol–water partition coefficient (Wildman–Crippen LogP) is 3.74. The Morgan fingerprint density at radius 2 is 1.68 bits per heavy atom. The first-order chi connectivity index (χ1) is 21.5. The smallest absolute Gasteiger partial charge is 0.253 e. The van der Waals surface area contributed by atoms with Crippen LogP contribution in [0.1, 0.15) is 18.9 Å². The third kappa shape index (κ3) is 4.47. The van der Waals surface area contributed by atoms with Gasteiger partial charge in [-0.05, 0) is 41.3 Å². The number of likely N-dealkylation sites (tertiary alicyclic amines) is 1. The van der Waals surface area contributed by atoms with Gasteiger partial charge in [-0.15, -0.1) is 0 Å². The molecule has 3 aromatic carbocycles. The number of fused-ring (bicyclic) bond motifs is 3. The second-order valence-electron chi connectivity index (χ2n) is 12.2. The molecular formula is C36H37N3O5. The van der Waals surface area contributed by atoms with Gasteiger partial charge in [0.1, 0.15) is 11.6 Å². The van der Waals surface area contributed by atoms with E-state index in [1.165, 1.54) is 0 Å². The highest BCUT2D eigenvalue weighted by molar-refractivity contribution is 6.06. The number of ether oxygens (including phenoxy) is 1. The minimum Gasteiger partial charge on any atom is -0.394 e. The summed E-state index contributed by atoms with van der Waals surface area (Å²) in [5.74, 6) is -2.39. The van der Waals surface area contributed by atoms with E-state index in [0.717, 1.165) is 22.8 Å². The van der Waals surface area contributed by atoms with E-state index in [0.29, 0.717) is 25.2 Å². The van der Waals surface area contributed by atoms with Gasteiger partial charge in [0.15, 0.2) is 0 Å².